The molecule has 3 aromatic heterocycles. The van der Waals surface area contributed by atoms with Crippen LogP contribution in [0.5, 0.6) is 0 Å². The van der Waals surface area contributed by atoms with Gasteiger partial charge in [-0.15, -0.1) is 20.4 Å². The van der Waals surface area contributed by atoms with Crippen molar-refractivity contribution < 1.29 is 9.59 Å². The Labute approximate surface area is 269 Å². The summed E-state index contributed by atoms with van der Waals surface area (Å²) < 4.78 is 0. The van der Waals surface area contributed by atoms with E-state index in [1.807, 2.05) is 36.4 Å². The number of hydrogen-bond donors (Lipinski definition) is 3. The van der Waals surface area contributed by atoms with Gasteiger partial charge in [-0.25, -0.2) is 4.98 Å². The van der Waals surface area contributed by atoms with Gasteiger partial charge in [0.2, 0.25) is 16.2 Å². The summed E-state index contributed by atoms with van der Waals surface area (Å²) in [6.45, 7) is 1.55. The van der Waals surface area contributed by atoms with Gasteiger partial charge in [-0.05, 0) is 61.9 Å². The molecule has 1 saturated carbocycles. The van der Waals surface area contributed by atoms with Gasteiger partial charge in [0.1, 0.15) is 22.1 Å². The molecular formula is C31H34N10O2S2. The number of aromatic nitrogens is 5. The minimum Gasteiger partial charge on any atom is -0.353 e. The topological polar surface area (TPSA) is 176 Å². The van der Waals surface area contributed by atoms with Gasteiger partial charge in [0.25, 0.3) is 0 Å². The van der Waals surface area contributed by atoms with E-state index in [9.17, 15) is 9.59 Å². The van der Waals surface area contributed by atoms with Crippen LogP contribution in [0.3, 0.4) is 0 Å². The Morgan fingerprint density at radius 2 is 1.80 bits per heavy atom. The Kier molecular flexibility index (Phi) is 9.68. The highest BCUT2D eigenvalue weighted by Crippen LogP contribution is 2.43. The number of carbonyl (C=O) groups excluding carboxylic acids is 2. The first-order valence-electron chi connectivity index (χ1n) is 15.1. The van der Waals surface area contributed by atoms with E-state index in [2.05, 4.69) is 47.0 Å². The molecule has 3 atom stereocenters. The zero-order valence-electron chi connectivity index (χ0n) is 24.6. The predicted molar refractivity (Wildman–Crippen MR) is 173 cm³/mol. The summed E-state index contributed by atoms with van der Waals surface area (Å²) in [6.07, 6.45) is 6.23. The van der Waals surface area contributed by atoms with Gasteiger partial charge in [-0.1, -0.05) is 47.3 Å². The van der Waals surface area contributed by atoms with Crippen LogP contribution in [0.25, 0.3) is 0 Å². The Bertz CT molecular complexity index is 1680. The molecule has 4 heterocycles. The predicted octanol–water partition coefficient (Wildman–Crippen LogP) is 4.04. The number of hydrogen-bond acceptors (Lipinski definition) is 13. The second-order valence-corrected chi connectivity index (χ2v) is 13.6. The van der Waals surface area contributed by atoms with E-state index in [4.69, 9.17) is 11.0 Å². The van der Waals surface area contributed by atoms with Crippen molar-refractivity contribution in [2.75, 3.05) is 28.6 Å². The number of pyridine rings is 1. The van der Waals surface area contributed by atoms with E-state index in [-0.39, 0.29) is 30.2 Å². The van der Waals surface area contributed by atoms with Gasteiger partial charge in [-0.2, -0.15) is 5.26 Å². The smallest absolute Gasteiger partial charge is 0.232 e. The number of amides is 1. The van der Waals surface area contributed by atoms with Crippen molar-refractivity contribution in [3.05, 3.63) is 69.3 Å². The molecular weight excluding hydrogens is 609 g/mol. The SMILES string of the molecule is N#Cc1cccc(CCC(C=O)Nc2nnc([C@H]3CCC[C@H](c4nnc(NC(=O)Cc5cccc(N6CC(N)C6)n5)s4)C3)s2)c1. The second kappa shape index (κ2) is 14.2. The monoisotopic (exact) mass is 642 g/mol. The van der Waals surface area contributed by atoms with Gasteiger partial charge < -0.3 is 26.1 Å². The third-order valence-corrected chi connectivity index (χ3v) is 10.2. The molecule has 4 N–H and O–H groups in total. The molecule has 2 fully saturated rings. The maximum absolute atomic E-state index is 12.8. The number of rotatable bonds is 12. The van der Waals surface area contributed by atoms with Crippen molar-refractivity contribution >= 4 is 50.9 Å². The first-order chi connectivity index (χ1) is 21.9. The van der Waals surface area contributed by atoms with Crippen LogP contribution in [-0.4, -0.2) is 62.7 Å². The van der Waals surface area contributed by atoms with E-state index in [1.165, 1.54) is 22.7 Å². The summed E-state index contributed by atoms with van der Waals surface area (Å²) >= 11 is 2.91. The van der Waals surface area contributed by atoms with Crippen molar-refractivity contribution in [1.82, 2.24) is 25.4 Å². The maximum atomic E-state index is 12.8. The molecule has 12 nitrogen and oxygen atoms in total. The van der Waals surface area contributed by atoms with Gasteiger partial charge in [-0.3, -0.25) is 4.79 Å². The Hall–Kier alpha value is -4.32. The van der Waals surface area contributed by atoms with Crippen LogP contribution in [0.4, 0.5) is 16.1 Å². The standard InChI is InChI=1S/C31H34N10O2S2/c32-15-20-5-1-4-19(12-20)10-11-25(18-42)35-30-39-37-28(44-30)21-6-2-7-22(13-21)29-38-40-31(45-29)36-27(43)14-24-8-3-9-26(34-24)41-16-23(33)17-41/h1,3-5,8-9,12,18,21-23,25H,2,6-7,10-11,13-14,16-17,33H2,(H,35,39)(H,36,40,43)/t21-,22-,25?/m0/s1. The summed E-state index contributed by atoms with van der Waals surface area (Å²) in [7, 11) is 0. The van der Waals surface area contributed by atoms with Crippen LogP contribution < -0.4 is 21.3 Å². The molecule has 45 heavy (non-hydrogen) atoms. The lowest BCUT2D eigenvalue weighted by molar-refractivity contribution is -0.115. The minimum absolute atomic E-state index is 0.154. The summed E-state index contributed by atoms with van der Waals surface area (Å²) in [5.41, 5.74) is 8.21. The molecule has 0 spiro atoms. The number of anilines is 3. The molecule has 232 valence electrons. The number of aryl methyl sites for hydroxylation is 1. The van der Waals surface area contributed by atoms with Gasteiger partial charge in [0.15, 0.2) is 0 Å². The van der Waals surface area contributed by atoms with E-state index in [0.29, 0.717) is 34.4 Å². The number of nitrogens with one attached hydrogen (secondary N) is 2. The molecule has 1 saturated heterocycles. The normalized spacial score (nSPS) is 18.9. The molecule has 1 amide bonds. The summed E-state index contributed by atoms with van der Waals surface area (Å²) in [5.74, 6) is 1.12. The van der Waals surface area contributed by atoms with Crippen LogP contribution >= 0.6 is 22.7 Å². The van der Waals surface area contributed by atoms with Gasteiger partial charge in [0.05, 0.1) is 29.8 Å². The van der Waals surface area contributed by atoms with Crippen molar-refractivity contribution in [2.45, 2.75) is 68.9 Å². The molecule has 1 unspecified atom stereocenters. The summed E-state index contributed by atoms with van der Waals surface area (Å²) in [5, 5.41) is 35.7. The minimum atomic E-state index is -0.398. The first kappa shape index (κ1) is 30.7. The van der Waals surface area contributed by atoms with Crippen molar-refractivity contribution in [2.24, 2.45) is 5.73 Å². The van der Waals surface area contributed by atoms with Gasteiger partial charge in [0, 0.05) is 31.0 Å². The fraction of sp³-hybridized carbons (Fsp3) is 0.419. The quantitative estimate of drug-likeness (QED) is 0.190. The summed E-state index contributed by atoms with van der Waals surface area (Å²) in [6, 6.07) is 15.1. The molecule has 1 aliphatic carbocycles. The van der Waals surface area contributed by atoms with E-state index >= 15 is 0 Å². The fourth-order valence-electron chi connectivity index (χ4n) is 5.77. The van der Waals surface area contributed by atoms with Crippen LogP contribution in [-0.2, 0) is 22.4 Å². The third-order valence-electron chi connectivity index (χ3n) is 8.14. The largest absolute Gasteiger partial charge is 0.353 e. The highest BCUT2D eigenvalue weighted by molar-refractivity contribution is 7.15. The lowest BCUT2D eigenvalue weighted by Gasteiger charge is -2.37. The Morgan fingerprint density at radius 3 is 2.53 bits per heavy atom. The van der Waals surface area contributed by atoms with E-state index in [1.54, 1.807) is 6.07 Å². The molecule has 6 rings (SSSR count). The zero-order valence-corrected chi connectivity index (χ0v) is 26.3. The van der Waals surface area contributed by atoms with Gasteiger partial charge >= 0.3 is 0 Å². The average molecular weight is 643 g/mol. The highest BCUT2D eigenvalue weighted by Gasteiger charge is 2.30. The molecule has 0 bridgehead atoms. The average Bonchev–Trinajstić information content (AvgIpc) is 3.72. The van der Waals surface area contributed by atoms with Crippen LogP contribution in [0.2, 0.25) is 0 Å². The van der Waals surface area contributed by atoms with Crippen LogP contribution in [0.15, 0.2) is 42.5 Å². The summed E-state index contributed by atoms with van der Waals surface area (Å²) in [4.78, 5) is 31.3. The number of nitrogens with two attached hydrogens (primary N) is 1. The lowest BCUT2D eigenvalue weighted by Crippen LogP contribution is -2.56. The molecule has 2 aliphatic rings. The number of benzene rings is 1. The Balaban J connectivity index is 1.00. The van der Waals surface area contributed by atoms with E-state index < -0.39 is 6.04 Å². The van der Waals surface area contributed by atoms with Crippen molar-refractivity contribution in [1.29, 1.82) is 5.26 Å². The highest BCUT2D eigenvalue weighted by atomic mass is 32.1. The number of aldehydes is 1. The van der Waals surface area contributed by atoms with Crippen molar-refractivity contribution in [3.63, 3.8) is 0 Å². The third kappa shape index (κ3) is 7.86. The number of nitriles is 1. The Morgan fingerprint density at radius 1 is 1.07 bits per heavy atom. The molecule has 1 aromatic carbocycles. The first-order valence-corrected chi connectivity index (χ1v) is 16.7. The molecule has 1 aliphatic heterocycles. The van der Waals surface area contributed by atoms with E-state index in [0.717, 1.165) is 66.5 Å². The fourth-order valence-corrected chi connectivity index (χ4v) is 7.63. The molecule has 4 aromatic rings. The number of nitrogens with zero attached hydrogens (tertiary/aromatic N) is 7. The lowest BCUT2D eigenvalue weighted by atomic mass is 9.82. The second-order valence-electron chi connectivity index (χ2n) is 11.6. The zero-order chi connectivity index (χ0) is 31.2. The number of carbonyl (C=O) groups is 2. The van der Waals surface area contributed by atoms with Crippen LogP contribution in [0, 0.1) is 11.3 Å². The molecule has 0 radical (unpaired) electrons. The maximum Gasteiger partial charge on any atom is 0.232 e. The van der Waals surface area contributed by atoms with Crippen molar-refractivity contribution in [3.8, 4) is 6.07 Å². The molecule has 14 heteroatoms. The van der Waals surface area contributed by atoms with Crippen LogP contribution in [0.1, 0.15) is 70.8 Å².